The van der Waals surface area contributed by atoms with Gasteiger partial charge >= 0.3 is 0 Å². The van der Waals surface area contributed by atoms with Crippen molar-refractivity contribution >= 4 is 112 Å². The highest BCUT2D eigenvalue weighted by Crippen LogP contribution is 2.44. The summed E-state index contributed by atoms with van der Waals surface area (Å²) in [5.74, 6) is 0. The molecule has 10 aromatic carbocycles. The lowest BCUT2D eigenvalue weighted by Crippen LogP contribution is -1.93. The number of benzene rings is 10. The summed E-state index contributed by atoms with van der Waals surface area (Å²) in [6, 6.07) is 76.1. The lowest BCUT2D eigenvalue weighted by atomic mass is 9.91. The largest absolute Gasteiger partial charge is 0.291 e. The van der Waals surface area contributed by atoms with Gasteiger partial charge in [-0.3, -0.25) is 4.40 Å². The first-order chi connectivity index (χ1) is 31.2. The standard InChI is InChI=1S/C59H34N2S2/c1-2-11-40-33-50-41(32-39(40)10-1)28-31-52-56(50)60-59-58-51(48-15-6-8-19-55(48)63-58)34-53(61(52)59)38-26-24-36(25-27-38)43-30-29-42(45-12-3-4-13-46(43)45)35-20-22-37(23-21-35)44-16-9-17-49-47-14-5-7-18-54(47)62-57(44)49/h1-34H. The summed E-state index contributed by atoms with van der Waals surface area (Å²) >= 11 is 3.72. The van der Waals surface area contributed by atoms with Gasteiger partial charge in [0, 0.05) is 41.0 Å². The maximum atomic E-state index is 5.51. The van der Waals surface area contributed by atoms with Crippen LogP contribution in [-0.2, 0) is 0 Å². The lowest BCUT2D eigenvalue weighted by Gasteiger charge is -2.14. The number of hydrogen-bond acceptors (Lipinski definition) is 3. The van der Waals surface area contributed by atoms with Crippen molar-refractivity contribution in [2.75, 3.05) is 0 Å². The maximum Gasteiger partial charge on any atom is 0.156 e. The number of thiophene rings is 2. The van der Waals surface area contributed by atoms with Gasteiger partial charge in [-0.25, -0.2) is 4.98 Å². The van der Waals surface area contributed by atoms with Crippen LogP contribution in [0.25, 0.3) is 134 Å². The summed E-state index contributed by atoms with van der Waals surface area (Å²) in [4.78, 5) is 5.51. The van der Waals surface area contributed by atoms with E-state index in [2.05, 4.69) is 211 Å². The summed E-state index contributed by atoms with van der Waals surface area (Å²) in [5, 5.41) is 12.5. The first kappa shape index (κ1) is 35.0. The van der Waals surface area contributed by atoms with E-state index in [4.69, 9.17) is 4.98 Å². The minimum absolute atomic E-state index is 1.01. The smallest absolute Gasteiger partial charge is 0.156 e. The van der Waals surface area contributed by atoms with Gasteiger partial charge in [-0.15, -0.1) is 22.7 Å². The first-order valence-electron chi connectivity index (χ1n) is 21.4. The number of hydrogen-bond donors (Lipinski definition) is 0. The van der Waals surface area contributed by atoms with Gasteiger partial charge < -0.3 is 0 Å². The van der Waals surface area contributed by atoms with Crippen LogP contribution in [0.15, 0.2) is 206 Å². The van der Waals surface area contributed by atoms with Crippen LogP contribution in [0.5, 0.6) is 0 Å². The minimum atomic E-state index is 1.01. The zero-order valence-electron chi connectivity index (χ0n) is 33.8. The van der Waals surface area contributed by atoms with Crippen LogP contribution in [0.4, 0.5) is 0 Å². The Labute approximate surface area is 370 Å². The summed E-state index contributed by atoms with van der Waals surface area (Å²) in [7, 11) is 0. The van der Waals surface area contributed by atoms with Crippen LogP contribution < -0.4 is 0 Å². The van der Waals surface area contributed by atoms with Crippen molar-refractivity contribution in [1.29, 1.82) is 0 Å². The Morgan fingerprint density at radius 3 is 1.56 bits per heavy atom. The van der Waals surface area contributed by atoms with E-state index in [0.29, 0.717) is 0 Å². The molecular formula is C59H34N2S2. The van der Waals surface area contributed by atoms with Crippen molar-refractivity contribution in [3.63, 3.8) is 0 Å². The van der Waals surface area contributed by atoms with Gasteiger partial charge in [-0.05, 0) is 102 Å². The number of pyridine rings is 1. The van der Waals surface area contributed by atoms with Crippen LogP contribution in [0.3, 0.4) is 0 Å². The lowest BCUT2D eigenvalue weighted by molar-refractivity contribution is 1.25. The second-order valence-electron chi connectivity index (χ2n) is 16.6. The van der Waals surface area contributed by atoms with Crippen molar-refractivity contribution in [1.82, 2.24) is 9.38 Å². The molecule has 0 saturated carbocycles. The Balaban J connectivity index is 0.881. The predicted octanol–water partition coefficient (Wildman–Crippen LogP) is 17.4. The molecule has 0 unspecified atom stereocenters. The topological polar surface area (TPSA) is 17.3 Å². The number of aromatic nitrogens is 2. The van der Waals surface area contributed by atoms with E-state index in [1.807, 2.05) is 22.7 Å². The van der Waals surface area contributed by atoms with Gasteiger partial charge in [0.2, 0.25) is 0 Å². The molecule has 0 amide bonds. The highest BCUT2D eigenvalue weighted by molar-refractivity contribution is 7.26. The molecule has 4 heterocycles. The number of nitrogens with zero attached hydrogens (tertiary/aromatic N) is 2. The third-order valence-electron chi connectivity index (χ3n) is 13.2. The van der Waals surface area contributed by atoms with Crippen LogP contribution >= 0.6 is 22.7 Å². The Morgan fingerprint density at radius 1 is 0.333 bits per heavy atom. The van der Waals surface area contributed by atoms with Crippen molar-refractivity contribution in [2.24, 2.45) is 0 Å². The summed E-state index contributed by atoms with van der Waals surface area (Å²) in [6.07, 6.45) is 0. The molecule has 14 aromatic rings. The van der Waals surface area contributed by atoms with E-state index < -0.39 is 0 Å². The van der Waals surface area contributed by atoms with E-state index in [1.165, 1.54) is 106 Å². The fraction of sp³-hybridized carbons (Fsp3) is 0. The van der Waals surface area contributed by atoms with Gasteiger partial charge in [0.15, 0.2) is 5.65 Å². The van der Waals surface area contributed by atoms with Crippen molar-refractivity contribution in [2.45, 2.75) is 0 Å². The van der Waals surface area contributed by atoms with E-state index in [1.54, 1.807) is 0 Å². The highest BCUT2D eigenvalue weighted by atomic mass is 32.1. The minimum Gasteiger partial charge on any atom is -0.291 e. The first-order valence-corrected chi connectivity index (χ1v) is 23.1. The van der Waals surface area contributed by atoms with Crippen LogP contribution in [0.1, 0.15) is 0 Å². The van der Waals surface area contributed by atoms with Gasteiger partial charge in [-0.1, -0.05) is 170 Å². The van der Waals surface area contributed by atoms with E-state index in [0.717, 1.165) is 27.9 Å². The fourth-order valence-corrected chi connectivity index (χ4v) is 12.6. The van der Waals surface area contributed by atoms with E-state index >= 15 is 0 Å². The molecule has 0 aliphatic rings. The van der Waals surface area contributed by atoms with Crippen molar-refractivity contribution in [3.05, 3.63) is 206 Å². The third-order valence-corrected chi connectivity index (χ3v) is 15.6. The Morgan fingerprint density at radius 2 is 0.873 bits per heavy atom. The number of imidazole rings is 1. The second kappa shape index (κ2) is 13.4. The number of fused-ring (bicyclic) bond motifs is 14. The molecule has 0 N–H and O–H groups in total. The zero-order chi connectivity index (χ0) is 41.2. The monoisotopic (exact) mass is 834 g/mol. The molecule has 0 bridgehead atoms. The summed E-state index contributed by atoms with van der Waals surface area (Å²) in [5.41, 5.74) is 12.9. The Bertz CT molecular complexity index is 4190. The SMILES string of the molecule is c1ccc2cc3c(ccc4c3nc3c5sc6ccccc6c5cc(-c5ccc(-c6ccc(-c7ccc(-c8cccc9c8sc8ccccc89)cc7)c7ccccc67)cc5)n43)cc2c1. The fourth-order valence-electron chi connectivity index (χ4n) is 10.2. The van der Waals surface area contributed by atoms with Crippen molar-refractivity contribution < 1.29 is 0 Å². The molecule has 0 spiro atoms. The van der Waals surface area contributed by atoms with Crippen LogP contribution in [0.2, 0.25) is 0 Å². The summed E-state index contributed by atoms with van der Waals surface area (Å²) in [6.45, 7) is 0. The van der Waals surface area contributed by atoms with E-state index in [9.17, 15) is 0 Å². The molecule has 0 saturated heterocycles. The van der Waals surface area contributed by atoms with Gasteiger partial charge in [-0.2, -0.15) is 0 Å². The molecule has 0 radical (unpaired) electrons. The molecular weight excluding hydrogens is 801 g/mol. The van der Waals surface area contributed by atoms with Crippen molar-refractivity contribution in [3.8, 4) is 44.6 Å². The van der Waals surface area contributed by atoms with Crippen LogP contribution in [0, 0.1) is 0 Å². The molecule has 0 aliphatic heterocycles. The number of rotatable bonds is 4. The molecule has 4 aromatic heterocycles. The second-order valence-corrected chi connectivity index (χ2v) is 18.7. The highest BCUT2D eigenvalue weighted by Gasteiger charge is 2.20. The molecule has 0 aliphatic carbocycles. The van der Waals surface area contributed by atoms with Gasteiger partial charge in [0.1, 0.15) is 0 Å². The zero-order valence-corrected chi connectivity index (χ0v) is 35.5. The molecule has 2 nitrogen and oxygen atoms in total. The predicted molar refractivity (Wildman–Crippen MR) is 273 cm³/mol. The molecule has 14 rings (SSSR count). The van der Waals surface area contributed by atoms with Gasteiger partial charge in [0.05, 0.1) is 21.4 Å². The molecule has 0 atom stereocenters. The van der Waals surface area contributed by atoms with E-state index in [-0.39, 0.29) is 0 Å². The Kier molecular flexibility index (Phi) is 7.47. The van der Waals surface area contributed by atoms with Crippen LogP contribution in [-0.4, -0.2) is 9.38 Å². The van der Waals surface area contributed by atoms with Gasteiger partial charge in [0.25, 0.3) is 0 Å². The molecule has 0 fully saturated rings. The summed E-state index contributed by atoms with van der Waals surface area (Å²) < 4.78 is 7.57. The maximum absolute atomic E-state index is 5.51. The molecule has 292 valence electrons. The molecule has 63 heavy (non-hydrogen) atoms. The average molecular weight is 835 g/mol. The third kappa shape index (κ3) is 5.26. The Hall–Kier alpha value is -7.63. The average Bonchev–Trinajstić information content (AvgIpc) is 4.05. The quantitative estimate of drug-likeness (QED) is 0.161. The normalized spacial score (nSPS) is 12.1. The molecule has 4 heteroatoms.